The quantitative estimate of drug-likeness (QED) is 0.879. The number of hydrogen-bond donors (Lipinski definition) is 1. The number of nitrogens with zero attached hydrogens (tertiary/aromatic N) is 1. The van der Waals surface area contributed by atoms with Crippen LogP contribution in [0.5, 0.6) is 0 Å². The summed E-state index contributed by atoms with van der Waals surface area (Å²) in [5, 5.41) is 2.93. The smallest absolute Gasteiger partial charge is 0.242 e. The average Bonchev–Trinajstić information content (AvgIpc) is 2.98. The summed E-state index contributed by atoms with van der Waals surface area (Å²) >= 11 is 0. The number of likely N-dealkylation sites (tertiary alicyclic amines) is 1. The van der Waals surface area contributed by atoms with Gasteiger partial charge in [0.25, 0.3) is 0 Å². The van der Waals surface area contributed by atoms with Crippen molar-refractivity contribution in [1.29, 1.82) is 0 Å². The Bertz CT molecular complexity index is 731. The molecule has 1 aliphatic heterocycles. The fourth-order valence-electron chi connectivity index (χ4n) is 3.08. The van der Waals surface area contributed by atoms with E-state index >= 15 is 0 Å². The number of halogens is 1. The van der Waals surface area contributed by atoms with E-state index in [0.717, 1.165) is 17.5 Å². The monoisotopic (exact) mass is 340 g/mol. The van der Waals surface area contributed by atoms with Crippen molar-refractivity contribution in [2.45, 2.75) is 31.8 Å². The predicted octanol–water partition coefficient (Wildman–Crippen LogP) is 2.68. The summed E-state index contributed by atoms with van der Waals surface area (Å²) in [6.07, 6.45) is 1.65. The average molecular weight is 340 g/mol. The van der Waals surface area contributed by atoms with Crippen LogP contribution in [0.2, 0.25) is 0 Å². The van der Waals surface area contributed by atoms with Gasteiger partial charge in [0.05, 0.1) is 0 Å². The van der Waals surface area contributed by atoms with Gasteiger partial charge in [-0.1, -0.05) is 42.5 Å². The summed E-state index contributed by atoms with van der Waals surface area (Å²) < 4.78 is 13.0. The molecule has 1 heterocycles. The largest absolute Gasteiger partial charge is 0.354 e. The van der Waals surface area contributed by atoms with Gasteiger partial charge < -0.3 is 10.2 Å². The van der Waals surface area contributed by atoms with Crippen LogP contribution in [0, 0.1) is 5.82 Å². The number of rotatable bonds is 6. The molecule has 5 heteroatoms. The van der Waals surface area contributed by atoms with Crippen molar-refractivity contribution in [3.05, 3.63) is 71.5 Å². The van der Waals surface area contributed by atoms with E-state index in [1.807, 2.05) is 30.3 Å². The number of nitrogens with one attached hydrogen (secondary N) is 1. The number of hydrogen-bond acceptors (Lipinski definition) is 2. The van der Waals surface area contributed by atoms with Gasteiger partial charge in [-0.25, -0.2) is 4.39 Å². The molecule has 4 nitrogen and oxygen atoms in total. The molecule has 1 atom stereocenters. The van der Waals surface area contributed by atoms with Gasteiger partial charge in [0.15, 0.2) is 0 Å². The predicted molar refractivity (Wildman–Crippen MR) is 93.1 cm³/mol. The maximum Gasteiger partial charge on any atom is 0.242 e. The number of carbonyl (C=O) groups excluding carboxylic acids is 2. The third kappa shape index (κ3) is 4.44. The summed E-state index contributed by atoms with van der Waals surface area (Å²) in [7, 11) is 0. The lowest BCUT2D eigenvalue weighted by Gasteiger charge is -2.24. The van der Waals surface area contributed by atoms with E-state index in [-0.39, 0.29) is 17.6 Å². The van der Waals surface area contributed by atoms with Crippen LogP contribution in [-0.4, -0.2) is 29.3 Å². The van der Waals surface area contributed by atoms with E-state index in [2.05, 4.69) is 5.32 Å². The summed E-state index contributed by atoms with van der Waals surface area (Å²) in [6.45, 7) is 0.869. The molecule has 1 saturated heterocycles. The van der Waals surface area contributed by atoms with Crippen molar-refractivity contribution in [3.8, 4) is 0 Å². The molecule has 0 aromatic heterocycles. The van der Waals surface area contributed by atoms with Crippen molar-refractivity contribution >= 4 is 11.8 Å². The Kier molecular flexibility index (Phi) is 5.43. The van der Waals surface area contributed by atoms with Crippen molar-refractivity contribution in [2.24, 2.45) is 0 Å². The van der Waals surface area contributed by atoms with E-state index in [1.54, 1.807) is 17.0 Å². The van der Waals surface area contributed by atoms with E-state index < -0.39 is 6.04 Å². The molecular formula is C20H21FN2O2. The van der Waals surface area contributed by atoms with Crippen LogP contribution in [0.4, 0.5) is 4.39 Å². The number of carbonyl (C=O) groups is 2. The Hall–Kier alpha value is -2.69. The van der Waals surface area contributed by atoms with Gasteiger partial charge >= 0.3 is 0 Å². The molecule has 0 saturated carbocycles. The van der Waals surface area contributed by atoms with Gasteiger partial charge in [0, 0.05) is 19.5 Å². The summed E-state index contributed by atoms with van der Waals surface area (Å²) in [4.78, 5) is 26.2. The van der Waals surface area contributed by atoms with Crippen LogP contribution in [0.3, 0.4) is 0 Å². The standard InChI is InChI=1S/C20H21FN2O2/c21-17-8-6-16(7-9-17)14-23-18(10-11-19(23)24)20(25)22-13-12-15-4-2-1-3-5-15/h1-9,18H,10-14H2,(H,22,25)/t18-/m1/s1. The SMILES string of the molecule is O=C(NCCc1ccccc1)[C@H]1CCC(=O)N1Cc1ccc(F)cc1. The zero-order valence-electron chi connectivity index (χ0n) is 14.0. The Morgan fingerprint density at radius 2 is 1.80 bits per heavy atom. The fraction of sp³-hybridized carbons (Fsp3) is 0.300. The fourth-order valence-corrected chi connectivity index (χ4v) is 3.08. The van der Waals surface area contributed by atoms with Gasteiger partial charge in [-0.2, -0.15) is 0 Å². The third-order valence-corrected chi connectivity index (χ3v) is 4.45. The molecule has 1 N–H and O–H groups in total. The van der Waals surface area contributed by atoms with Crippen molar-refractivity contribution in [1.82, 2.24) is 10.2 Å². The Morgan fingerprint density at radius 1 is 1.08 bits per heavy atom. The van der Waals surface area contributed by atoms with Crippen molar-refractivity contribution < 1.29 is 14.0 Å². The van der Waals surface area contributed by atoms with Gasteiger partial charge in [0.2, 0.25) is 11.8 Å². The molecule has 2 aromatic rings. The molecule has 1 aliphatic rings. The van der Waals surface area contributed by atoms with Crippen LogP contribution >= 0.6 is 0 Å². The molecule has 0 bridgehead atoms. The lowest BCUT2D eigenvalue weighted by atomic mass is 10.1. The molecular weight excluding hydrogens is 319 g/mol. The highest BCUT2D eigenvalue weighted by Crippen LogP contribution is 2.22. The lowest BCUT2D eigenvalue weighted by molar-refractivity contribution is -0.135. The van der Waals surface area contributed by atoms with E-state index in [9.17, 15) is 14.0 Å². The molecule has 2 amide bonds. The normalized spacial score (nSPS) is 16.9. The Morgan fingerprint density at radius 3 is 2.52 bits per heavy atom. The van der Waals surface area contributed by atoms with Crippen molar-refractivity contribution in [3.63, 3.8) is 0 Å². The Labute approximate surface area is 146 Å². The highest BCUT2D eigenvalue weighted by Gasteiger charge is 2.35. The van der Waals surface area contributed by atoms with Gasteiger partial charge in [0.1, 0.15) is 11.9 Å². The van der Waals surface area contributed by atoms with E-state index in [4.69, 9.17) is 0 Å². The van der Waals surface area contributed by atoms with Gasteiger partial charge in [-0.15, -0.1) is 0 Å². The maximum absolute atomic E-state index is 13.0. The molecule has 0 unspecified atom stereocenters. The first-order valence-electron chi connectivity index (χ1n) is 8.49. The van der Waals surface area contributed by atoms with E-state index in [1.165, 1.54) is 12.1 Å². The number of benzene rings is 2. The minimum absolute atomic E-state index is 0.0347. The van der Waals surface area contributed by atoms with Crippen LogP contribution < -0.4 is 5.32 Å². The van der Waals surface area contributed by atoms with Crippen molar-refractivity contribution in [2.75, 3.05) is 6.54 Å². The third-order valence-electron chi connectivity index (χ3n) is 4.45. The molecule has 0 radical (unpaired) electrons. The number of amides is 2. The summed E-state index contributed by atoms with van der Waals surface area (Å²) in [6, 6.07) is 15.5. The Balaban J connectivity index is 1.56. The first-order chi connectivity index (χ1) is 12.1. The first-order valence-corrected chi connectivity index (χ1v) is 8.49. The van der Waals surface area contributed by atoms with Gasteiger partial charge in [-0.05, 0) is 36.1 Å². The first kappa shape index (κ1) is 17.1. The highest BCUT2D eigenvalue weighted by molar-refractivity contribution is 5.90. The molecule has 3 rings (SSSR count). The second-order valence-electron chi connectivity index (χ2n) is 6.23. The second kappa shape index (κ2) is 7.92. The molecule has 1 fully saturated rings. The maximum atomic E-state index is 13.0. The second-order valence-corrected chi connectivity index (χ2v) is 6.23. The topological polar surface area (TPSA) is 49.4 Å². The van der Waals surface area contributed by atoms with Crippen LogP contribution in [-0.2, 0) is 22.6 Å². The zero-order chi connectivity index (χ0) is 17.6. The molecule has 2 aromatic carbocycles. The van der Waals surface area contributed by atoms with Crippen LogP contribution in [0.1, 0.15) is 24.0 Å². The summed E-state index contributed by atoms with van der Waals surface area (Å²) in [5.41, 5.74) is 1.98. The van der Waals surface area contributed by atoms with Crippen LogP contribution in [0.15, 0.2) is 54.6 Å². The molecule has 25 heavy (non-hydrogen) atoms. The molecule has 0 aliphatic carbocycles. The highest BCUT2D eigenvalue weighted by atomic mass is 19.1. The minimum atomic E-state index is -0.451. The van der Waals surface area contributed by atoms with Crippen LogP contribution in [0.25, 0.3) is 0 Å². The molecule has 0 spiro atoms. The minimum Gasteiger partial charge on any atom is -0.354 e. The van der Waals surface area contributed by atoms with E-state index in [0.29, 0.717) is 25.9 Å². The molecule has 130 valence electrons. The zero-order valence-corrected chi connectivity index (χ0v) is 14.0. The van der Waals surface area contributed by atoms with Gasteiger partial charge in [-0.3, -0.25) is 9.59 Å². The lowest BCUT2D eigenvalue weighted by Crippen LogP contribution is -2.44. The summed E-state index contributed by atoms with van der Waals surface area (Å²) in [5.74, 6) is -0.469.